The van der Waals surface area contributed by atoms with Crippen LogP contribution in [0.2, 0.25) is 0 Å². The molecule has 0 amide bonds. The first kappa shape index (κ1) is 9.71. The van der Waals surface area contributed by atoms with Gasteiger partial charge in [-0.1, -0.05) is 21.9 Å². The van der Waals surface area contributed by atoms with Crippen molar-refractivity contribution in [2.24, 2.45) is 0 Å². The molecule has 0 aromatic rings. The van der Waals surface area contributed by atoms with Gasteiger partial charge in [0.15, 0.2) is 0 Å². The number of carbonyl (C=O) groups is 1. The second-order valence-corrected chi connectivity index (χ2v) is 2.60. The summed E-state index contributed by atoms with van der Waals surface area (Å²) in [7, 11) is 0. The van der Waals surface area contributed by atoms with E-state index in [0.717, 1.165) is 18.2 Å². The van der Waals surface area contributed by atoms with Crippen molar-refractivity contribution >= 4 is 21.7 Å². The normalized spacial score (nSPS) is 8.20. The monoisotopic (exact) mass is 202 g/mol. The highest BCUT2D eigenvalue weighted by Gasteiger charge is 1.89. The lowest BCUT2D eigenvalue weighted by Gasteiger charge is -1.87. The van der Waals surface area contributed by atoms with Crippen LogP contribution in [0.4, 0.5) is 0 Å². The van der Waals surface area contributed by atoms with E-state index in [4.69, 9.17) is 0 Å². The van der Waals surface area contributed by atoms with Gasteiger partial charge in [-0.2, -0.15) is 0 Å². The summed E-state index contributed by atoms with van der Waals surface area (Å²) in [5.74, 6) is 6.07. The molecule has 0 heterocycles. The van der Waals surface area contributed by atoms with Gasteiger partial charge in [-0.3, -0.25) is 0 Å². The summed E-state index contributed by atoms with van der Waals surface area (Å²) in [6.07, 6.45) is 2.40. The molecule has 1 nitrogen and oxygen atoms in total. The van der Waals surface area contributed by atoms with Crippen molar-refractivity contribution in [3.05, 3.63) is 0 Å². The van der Waals surface area contributed by atoms with Crippen LogP contribution in [0.5, 0.6) is 0 Å². The van der Waals surface area contributed by atoms with Crippen molar-refractivity contribution in [2.45, 2.75) is 26.2 Å². The molecule has 0 aromatic carbocycles. The second-order valence-electron chi connectivity index (χ2n) is 2.04. The minimum Gasteiger partial charge on any atom is -0.300 e. The minimum absolute atomic E-state index is 0.251. The van der Waals surface area contributed by atoms with Gasteiger partial charge in [0.05, 0.1) is 5.33 Å². The summed E-state index contributed by atoms with van der Waals surface area (Å²) < 4.78 is 0. The van der Waals surface area contributed by atoms with Gasteiger partial charge in [-0.15, -0.1) is 5.92 Å². The molecule has 0 bridgehead atoms. The average Bonchev–Trinajstić information content (AvgIpc) is 1.87. The predicted molar refractivity (Wildman–Crippen MR) is 46.1 cm³/mol. The molecule has 56 valence electrons. The van der Waals surface area contributed by atoms with E-state index < -0.39 is 0 Å². The van der Waals surface area contributed by atoms with Crippen LogP contribution in [0.1, 0.15) is 26.2 Å². The zero-order valence-corrected chi connectivity index (χ0v) is 7.70. The first-order valence-electron chi connectivity index (χ1n) is 3.28. The third-order valence-electron chi connectivity index (χ3n) is 1.02. The lowest BCUT2D eigenvalue weighted by atomic mass is 10.2. The average molecular weight is 203 g/mol. The molecule has 0 fully saturated rings. The molecule has 0 aromatic heterocycles. The molecule has 0 saturated carbocycles. The summed E-state index contributed by atoms with van der Waals surface area (Å²) >= 11 is 3.19. The fraction of sp³-hybridized carbons (Fsp3) is 0.625. The van der Waals surface area contributed by atoms with Crippen LogP contribution in [0, 0.1) is 11.8 Å². The van der Waals surface area contributed by atoms with Gasteiger partial charge in [-0.05, 0) is 13.3 Å². The molecule has 0 aliphatic heterocycles. The largest absolute Gasteiger partial charge is 0.300 e. The van der Waals surface area contributed by atoms with Gasteiger partial charge in [0, 0.05) is 12.8 Å². The van der Waals surface area contributed by atoms with E-state index in [-0.39, 0.29) is 5.78 Å². The van der Waals surface area contributed by atoms with Crippen LogP contribution in [-0.4, -0.2) is 11.1 Å². The Labute approximate surface area is 70.3 Å². The third-order valence-corrected chi connectivity index (χ3v) is 1.30. The molecule has 0 aliphatic carbocycles. The molecule has 0 saturated heterocycles. The summed E-state index contributed by atoms with van der Waals surface area (Å²) in [6, 6.07) is 0. The standard InChI is InChI=1S/C8H11BrO/c1-8(10)6-4-2-3-5-7-9/h2,4,6-7H2,1H3. The lowest BCUT2D eigenvalue weighted by Crippen LogP contribution is -1.87. The summed E-state index contributed by atoms with van der Waals surface area (Å²) in [4.78, 5) is 10.4. The quantitative estimate of drug-likeness (QED) is 0.390. The fourth-order valence-electron chi connectivity index (χ4n) is 0.561. The molecule has 2 heteroatoms. The highest BCUT2D eigenvalue weighted by Crippen LogP contribution is 1.93. The number of alkyl halides is 1. The molecule has 0 unspecified atom stereocenters. The van der Waals surface area contributed by atoms with Crippen molar-refractivity contribution < 1.29 is 4.79 Å². The number of hydrogen-bond acceptors (Lipinski definition) is 1. The first-order chi connectivity index (χ1) is 4.77. The molecule has 0 rings (SSSR count). The third kappa shape index (κ3) is 7.71. The van der Waals surface area contributed by atoms with Gasteiger partial charge in [0.1, 0.15) is 5.78 Å². The Bertz CT molecular complexity index is 152. The van der Waals surface area contributed by atoms with Crippen molar-refractivity contribution in [2.75, 3.05) is 5.33 Å². The molecule has 10 heavy (non-hydrogen) atoms. The smallest absolute Gasteiger partial charge is 0.129 e. The molecular weight excluding hydrogens is 192 g/mol. The number of rotatable bonds is 3. The number of ketones is 1. The van der Waals surface area contributed by atoms with Gasteiger partial charge in [-0.25, -0.2) is 0 Å². The Balaban J connectivity index is 3.13. The van der Waals surface area contributed by atoms with Crippen LogP contribution in [0.3, 0.4) is 0 Å². The van der Waals surface area contributed by atoms with Gasteiger partial charge < -0.3 is 4.79 Å². The Morgan fingerprint density at radius 2 is 2.20 bits per heavy atom. The lowest BCUT2D eigenvalue weighted by molar-refractivity contribution is -0.117. The fourth-order valence-corrected chi connectivity index (χ4v) is 0.760. The maximum Gasteiger partial charge on any atom is 0.129 e. The highest BCUT2D eigenvalue weighted by atomic mass is 79.9. The molecule has 0 spiro atoms. The first-order valence-corrected chi connectivity index (χ1v) is 4.40. The maximum atomic E-state index is 10.4. The van der Waals surface area contributed by atoms with Crippen LogP contribution in [0.15, 0.2) is 0 Å². The molecule has 0 N–H and O–H groups in total. The molecule has 0 atom stereocenters. The zero-order valence-electron chi connectivity index (χ0n) is 6.11. The van der Waals surface area contributed by atoms with Gasteiger partial charge >= 0.3 is 0 Å². The Hall–Kier alpha value is -0.290. The predicted octanol–water partition coefficient (Wildman–Crippen LogP) is 2.14. The molecular formula is C8H11BrO. The van der Waals surface area contributed by atoms with Gasteiger partial charge in [0.2, 0.25) is 0 Å². The summed E-state index contributed by atoms with van der Waals surface area (Å²) in [5.41, 5.74) is 0. The maximum absolute atomic E-state index is 10.4. The van der Waals surface area contributed by atoms with Gasteiger partial charge in [0.25, 0.3) is 0 Å². The van der Waals surface area contributed by atoms with E-state index in [1.807, 2.05) is 0 Å². The Morgan fingerprint density at radius 1 is 1.50 bits per heavy atom. The van der Waals surface area contributed by atoms with Crippen molar-refractivity contribution in [1.82, 2.24) is 0 Å². The number of Topliss-reactive ketones (excluding diaryl/α,β-unsaturated/α-hetero) is 1. The number of hydrogen-bond donors (Lipinski definition) is 0. The summed E-state index contributed by atoms with van der Waals surface area (Å²) in [6.45, 7) is 1.61. The van der Waals surface area contributed by atoms with Crippen molar-refractivity contribution in [3.63, 3.8) is 0 Å². The van der Waals surface area contributed by atoms with Crippen molar-refractivity contribution in [3.8, 4) is 11.8 Å². The van der Waals surface area contributed by atoms with Crippen LogP contribution < -0.4 is 0 Å². The summed E-state index contributed by atoms with van der Waals surface area (Å²) in [5, 5.41) is 0.729. The second kappa shape index (κ2) is 6.82. The van der Waals surface area contributed by atoms with Crippen LogP contribution in [0.25, 0.3) is 0 Å². The number of carbonyl (C=O) groups excluding carboxylic acids is 1. The molecule has 0 radical (unpaired) electrons. The number of halogens is 1. The van der Waals surface area contributed by atoms with Crippen LogP contribution >= 0.6 is 15.9 Å². The minimum atomic E-state index is 0.251. The topological polar surface area (TPSA) is 17.1 Å². The molecule has 0 aliphatic rings. The zero-order chi connectivity index (χ0) is 7.82. The van der Waals surface area contributed by atoms with E-state index >= 15 is 0 Å². The van der Waals surface area contributed by atoms with E-state index in [9.17, 15) is 4.79 Å². The van der Waals surface area contributed by atoms with E-state index in [0.29, 0.717) is 6.42 Å². The number of unbranched alkanes of at least 4 members (excludes halogenated alkanes) is 1. The van der Waals surface area contributed by atoms with E-state index in [1.165, 1.54) is 0 Å². The van der Waals surface area contributed by atoms with Crippen LogP contribution in [-0.2, 0) is 4.79 Å². The van der Waals surface area contributed by atoms with E-state index in [2.05, 4.69) is 27.8 Å². The van der Waals surface area contributed by atoms with E-state index in [1.54, 1.807) is 6.92 Å². The van der Waals surface area contributed by atoms with Crippen molar-refractivity contribution in [1.29, 1.82) is 0 Å². The highest BCUT2D eigenvalue weighted by molar-refractivity contribution is 9.09. The SMILES string of the molecule is CC(=O)CCCC#CCBr. The Morgan fingerprint density at radius 3 is 2.70 bits per heavy atom. The Kier molecular flexibility index (Phi) is 6.63.